The molecular formula is C64H98O8. The van der Waals surface area contributed by atoms with Crippen molar-refractivity contribution in [3.05, 3.63) is 48.6 Å². The molecule has 1 atom stereocenters. The predicted octanol–water partition coefficient (Wildman–Crippen LogP) is 19.0. The van der Waals surface area contributed by atoms with Gasteiger partial charge in [0.25, 0.3) is 0 Å². The molecule has 0 spiro atoms. The zero-order valence-corrected chi connectivity index (χ0v) is 46.1. The van der Waals surface area contributed by atoms with Crippen molar-refractivity contribution in [2.75, 3.05) is 46.2 Å². The van der Waals surface area contributed by atoms with Gasteiger partial charge in [0.1, 0.15) is 0 Å². The van der Waals surface area contributed by atoms with E-state index in [0.717, 1.165) is 208 Å². The quantitative estimate of drug-likeness (QED) is 0.0188. The maximum atomic E-state index is 12.1. The molecule has 0 aromatic heterocycles. The lowest BCUT2D eigenvalue weighted by molar-refractivity contribution is -0.143. The number of unbranched alkanes of at least 4 members (excludes halogenated alkanes) is 20. The van der Waals surface area contributed by atoms with Crippen molar-refractivity contribution < 1.29 is 38.0 Å². The first-order chi connectivity index (χ1) is 35.5. The third-order valence-electron chi connectivity index (χ3n) is 14.3. The summed E-state index contributed by atoms with van der Waals surface area (Å²) in [6.07, 6.45) is 37.6. The molecular weight excluding hydrogens is 897 g/mol. The van der Waals surface area contributed by atoms with Crippen LogP contribution in [0.15, 0.2) is 48.6 Å². The summed E-state index contributed by atoms with van der Waals surface area (Å²) in [6, 6.07) is 13.3. The normalized spacial score (nSPS) is 13.2. The molecule has 8 heteroatoms. The summed E-state index contributed by atoms with van der Waals surface area (Å²) in [5.41, 5.74) is 0. The van der Waals surface area contributed by atoms with Crippen LogP contribution in [0.5, 0.6) is 34.5 Å². The van der Waals surface area contributed by atoms with Crippen LogP contribution in [-0.2, 0) is 9.53 Å². The lowest BCUT2D eigenvalue weighted by atomic mass is 9.90. The molecule has 402 valence electrons. The van der Waals surface area contributed by atoms with E-state index in [0.29, 0.717) is 52.7 Å². The first-order valence-electron chi connectivity index (χ1n) is 29.6. The van der Waals surface area contributed by atoms with Crippen LogP contribution < -0.4 is 28.4 Å². The predicted molar refractivity (Wildman–Crippen MR) is 302 cm³/mol. The van der Waals surface area contributed by atoms with Crippen molar-refractivity contribution >= 4 is 38.3 Å². The fraction of sp³-hybridized carbons (Fsp3) is 0.672. The van der Waals surface area contributed by atoms with Crippen LogP contribution in [0.4, 0.5) is 0 Å². The van der Waals surface area contributed by atoms with Gasteiger partial charge in [0.2, 0.25) is 0 Å². The average Bonchev–Trinajstić information content (AvgIpc) is 3.37. The van der Waals surface area contributed by atoms with E-state index in [1.54, 1.807) is 0 Å². The molecule has 1 aliphatic rings. The molecule has 4 aromatic carbocycles. The molecule has 5 rings (SSSR count). The van der Waals surface area contributed by atoms with Crippen molar-refractivity contribution in [2.45, 2.75) is 227 Å². The Kier molecular flexibility index (Phi) is 29.1. The van der Waals surface area contributed by atoms with Gasteiger partial charge in [-0.05, 0) is 139 Å². The van der Waals surface area contributed by atoms with Crippen molar-refractivity contribution in [3.8, 4) is 34.5 Å². The second-order valence-corrected chi connectivity index (χ2v) is 20.6. The van der Waals surface area contributed by atoms with Crippen molar-refractivity contribution in [2.24, 2.45) is 5.92 Å². The second kappa shape index (κ2) is 35.8. The van der Waals surface area contributed by atoms with E-state index in [-0.39, 0.29) is 5.97 Å². The second-order valence-electron chi connectivity index (χ2n) is 20.6. The molecule has 0 bridgehead atoms. The molecule has 0 N–H and O–H groups in total. The summed E-state index contributed by atoms with van der Waals surface area (Å²) in [6.45, 7) is 15.6. The Balaban J connectivity index is 1.31. The molecule has 8 nitrogen and oxygen atoms in total. The Morgan fingerprint density at radius 3 is 0.889 bits per heavy atom. The van der Waals surface area contributed by atoms with E-state index in [2.05, 4.69) is 83.2 Å². The SMILES string of the molecule is CCCCCOc1cc2c3cc(OCCCCC)c(OCCCCC)cc3c3cc(OCCCCCCCCCCCCOC(=O)CCCCC4C=CC4)c(OCCCCC)cc3c2cc1OCCCCC. The standard InChI is InChI=1S/C64H98O8/c1-6-11-26-38-66-58-45-52-53-46-59(67-39-27-12-7-2)61(69-41-29-14-9-4)48-55(53)57-50-63(62(70-42-30-15-10-5)49-56(57)54(52)47-60(58)68-40-28-13-8-3)71-43-31-22-20-18-16-17-19-21-23-32-44-72-64(65)37-25-24-34-51-35-33-36-51/h33,35,45-51H,6-32,34,36-44H2,1-5H3. The number of rotatable bonds is 44. The molecule has 0 saturated heterocycles. The van der Waals surface area contributed by atoms with Gasteiger partial charge in [-0.25, -0.2) is 0 Å². The summed E-state index contributed by atoms with van der Waals surface area (Å²) >= 11 is 0. The topological polar surface area (TPSA) is 81.7 Å². The van der Waals surface area contributed by atoms with Crippen LogP contribution in [0.3, 0.4) is 0 Å². The van der Waals surface area contributed by atoms with E-state index >= 15 is 0 Å². The van der Waals surface area contributed by atoms with Gasteiger partial charge < -0.3 is 33.2 Å². The average molecular weight is 995 g/mol. The highest BCUT2D eigenvalue weighted by Gasteiger charge is 2.21. The number of ether oxygens (including phenoxy) is 7. The molecule has 0 fully saturated rings. The molecule has 0 radical (unpaired) electrons. The number of carbonyl (C=O) groups excluding carboxylic acids is 1. The van der Waals surface area contributed by atoms with Gasteiger partial charge in [0, 0.05) is 6.42 Å². The number of allylic oxidation sites excluding steroid dienone is 2. The van der Waals surface area contributed by atoms with Crippen molar-refractivity contribution in [1.82, 2.24) is 0 Å². The lowest BCUT2D eigenvalue weighted by Gasteiger charge is -2.21. The van der Waals surface area contributed by atoms with Crippen LogP contribution in [0.1, 0.15) is 227 Å². The van der Waals surface area contributed by atoms with Crippen molar-refractivity contribution in [3.63, 3.8) is 0 Å². The fourth-order valence-corrected chi connectivity index (χ4v) is 9.64. The minimum Gasteiger partial charge on any atom is -0.490 e. The van der Waals surface area contributed by atoms with Gasteiger partial charge in [0.05, 0.1) is 46.2 Å². The third kappa shape index (κ3) is 20.5. The maximum Gasteiger partial charge on any atom is 0.305 e. The number of fused-ring (bicyclic) bond motifs is 6. The molecule has 0 saturated carbocycles. The molecule has 0 amide bonds. The van der Waals surface area contributed by atoms with E-state index in [1.807, 2.05) is 0 Å². The summed E-state index contributed by atoms with van der Waals surface area (Å²) < 4.78 is 45.4. The number of hydrogen-bond acceptors (Lipinski definition) is 8. The largest absolute Gasteiger partial charge is 0.490 e. The summed E-state index contributed by atoms with van der Waals surface area (Å²) in [5.74, 6) is 5.49. The zero-order valence-electron chi connectivity index (χ0n) is 46.1. The minimum atomic E-state index is -0.0223. The minimum absolute atomic E-state index is 0.0223. The lowest BCUT2D eigenvalue weighted by Crippen LogP contribution is -2.07. The van der Waals surface area contributed by atoms with E-state index in [4.69, 9.17) is 33.2 Å². The maximum absolute atomic E-state index is 12.1. The van der Waals surface area contributed by atoms with Crippen LogP contribution in [0, 0.1) is 5.92 Å². The highest BCUT2D eigenvalue weighted by molar-refractivity contribution is 6.26. The first kappa shape index (κ1) is 58.6. The Morgan fingerprint density at radius 2 is 0.625 bits per heavy atom. The van der Waals surface area contributed by atoms with Crippen LogP contribution >= 0.6 is 0 Å². The summed E-state index contributed by atoms with van der Waals surface area (Å²) in [7, 11) is 0. The monoisotopic (exact) mass is 995 g/mol. The van der Waals surface area contributed by atoms with Crippen molar-refractivity contribution in [1.29, 1.82) is 0 Å². The number of carbonyl (C=O) groups is 1. The van der Waals surface area contributed by atoms with Crippen LogP contribution in [0.2, 0.25) is 0 Å². The molecule has 0 aliphatic heterocycles. The third-order valence-corrected chi connectivity index (χ3v) is 14.3. The highest BCUT2D eigenvalue weighted by Crippen LogP contribution is 2.47. The highest BCUT2D eigenvalue weighted by atomic mass is 16.5. The number of hydrogen-bond donors (Lipinski definition) is 0. The van der Waals surface area contributed by atoms with Gasteiger partial charge in [0.15, 0.2) is 34.5 Å². The molecule has 72 heavy (non-hydrogen) atoms. The van der Waals surface area contributed by atoms with Gasteiger partial charge in [-0.2, -0.15) is 0 Å². The van der Waals surface area contributed by atoms with Crippen LogP contribution in [0.25, 0.3) is 32.3 Å². The van der Waals surface area contributed by atoms with E-state index < -0.39 is 0 Å². The zero-order chi connectivity index (χ0) is 50.9. The van der Waals surface area contributed by atoms with Gasteiger partial charge in [-0.1, -0.05) is 169 Å². The van der Waals surface area contributed by atoms with E-state index in [1.165, 1.54) is 51.4 Å². The molecule has 4 aromatic rings. The summed E-state index contributed by atoms with van der Waals surface area (Å²) in [4.78, 5) is 12.1. The number of esters is 1. The molecule has 1 unspecified atom stereocenters. The Hall–Kier alpha value is -4.33. The number of benzene rings is 4. The Bertz CT molecular complexity index is 2090. The van der Waals surface area contributed by atoms with Gasteiger partial charge in [-0.3, -0.25) is 4.79 Å². The van der Waals surface area contributed by atoms with E-state index in [9.17, 15) is 4.79 Å². The molecule has 0 heterocycles. The summed E-state index contributed by atoms with van der Waals surface area (Å²) in [5, 5.41) is 6.59. The Morgan fingerprint density at radius 1 is 0.361 bits per heavy atom. The van der Waals surface area contributed by atoms with Gasteiger partial charge >= 0.3 is 5.97 Å². The van der Waals surface area contributed by atoms with Gasteiger partial charge in [-0.15, -0.1) is 0 Å². The molecule has 1 aliphatic carbocycles. The fourth-order valence-electron chi connectivity index (χ4n) is 9.64. The Labute approximate surface area is 437 Å². The smallest absolute Gasteiger partial charge is 0.305 e. The first-order valence-corrected chi connectivity index (χ1v) is 29.6. The van der Waals surface area contributed by atoms with Crippen LogP contribution in [-0.4, -0.2) is 52.2 Å².